The van der Waals surface area contributed by atoms with Gasteiger partial charge in [-0.1, -0.05) is 102 Å². The lowest BCUT2D eigenvalue weighted by molar-refractivity contribution is -0.122. The summed E-state index contributed by atoms with van der Waals surface area (Å²) >= 11 is 18.2. The number of hydrogen-bond donors (Lipinski definition) is 3. The number of nitrogens with zero attached hydrogens (tertiary/aromatic N) is 1. The molecule has 168 valence electrons. The summed E-state index contributed by atoms with van der Waals surface area (Å²) in [6.45, 7) is 0. The Morgan fingerprint density at radius 2 is 1.39 bits per heavy atom. The van der Waals surface area contributed by atoms with E-state index in [1.807, 2.05) is 66.7 Å². The van der Waals surface area contributed by atoms with Gasteiger partial charge in [0.05, 0.1) is 17.6 Å². The van der Waals surface area contributed by atoms with Crippen LogP contribution in [0.4, 0.5) is 10.5 Å². The van der Waals surface area contributed by atoms with E-state index in [0.717, 1.165) is 11.1 Å². The monoisotopic (exact) mass is 500 g/mol. The van der Waals surface area contributed by atoms with Crippen LogP contribution in [0.15, 0.2) is 84.9 Å². The average Bonchev–Trinajstić information content (AvgIpc) is 2.80. The van der Waals surface area contributed by atoms with Crippen molar-refractivity contribution in [1.29, 1.82) is 5.26 Å². The number of hydrogen-bond acceptors (Lipinski definition) is 3. The molecule has 33 heavy (non-hydrogen) atoms. The SMILES string of the molecule is N#Cc1cccc(NC(=O)NC(NC(=O)C(c2ccccc2)c2ccccc2)C(Cl)(Cl)Cl)c1. The van der Waals surface area contributed by atoms with Crippen LogP contribution in [0.1, 0.15) is 22.6 Å². The van der Waals surface area contributed by atoms with Crippen molar-refractivity contribution in [2.45, 2.75) is 15.9 Å². The van der Waals surface area contributed by atoms with Crippen LogP contribution in [0, 0.1) is 11.3 Å². The lowest BCUT2D eigenvalue weighted by atomic mass is 9.90. The van der Waals surface area contributed by atoms with E-state index in [2.05, 4.69) is 16.0 Å². The second-order valence-electron chi connectivity index (χ2n) is 7.03. The van der Waals surface area contributed by atoms with Crippen LogP contribution in [0.2, 0.25) is 0 Å². The van der Waals surface area contributed by atoms with Crippen molar-refractivity contribution >= 4 is 52.4 Å². The summed E-state index contributed by atoms with van der Waals surface area (Å²) < 4.78 is -2.04. The van der Waals surface area contributed by atoms with Crippen LogP contribution in [-0.2, 0) is 4.79 Å². The molecule has 3 aromatic carbocycles. The van der Waals surface area contributed by atoms with E-state index in [-0.39, 0.29) is 0 Å². The molecule has 0 aliphatic heterocycles. The van der Waals surface area contributed by atoms with Gasteiger partial charge in [-0.2, -0.15) is 5.26 Å². The molecule has 3 aromatic rings. The normalized spacial score (nSPS) is 11.8. The average molecular weight is 502 g/mol. The number of halogens is 3. The number of carbonyl (C=O) groups is 2. The molecule has 3 amide bonds. The van der Waals surface area contributed by atoms with Crippen molar-refractivity contribution < 1.29 is 9.59 Å². The number of amides is 3. The Morgan fingerprint density at radius 1 is 0.818 bits per heavy atom. The Hall–Kier alpha value is -3.24. The van der Waals surface area contributed by atoms with Gasteiger partial charge < -0.3 is 16.0 Å². The zero-order valence-electron chi connectivity index (χ0n) is 17.1. The molecule has 1 unspecified atom stereocenters. The molecule has 0 aliphatic rings. The van der Waals surface area contributed by atoms with Crippen molar-refractivity contribution in [2.75, 3.05) is 5.32 Å². The maximum atomic E-state index is 13.3. The summed E-state index contributed by atoms with van der Waals surface area (Å²) in [5.74, 6) is -1.16. The number of anilines is 1. The number of urea groups is 1. The number of rotatable bonds is 6. The van der Waals surface area contributed by atoms with Crippen LogP contribution >= 0.6 is 34.8 Å². The molecule has 0 bridgehead atoms. The van der Waals surface area contributed by atoms with E-state index in [4.69, 9.17) is 40.1 Å². The highest BCUT2D eigenvalue weighted by Crippen LogP contribution is 2.31. The van der Waals surface area contributed by atoms with Gasteiger partial charge >= 0.3 is 6.03 Å². The zero-order valence-corrected chi connectivity index (χ0v) is 19.4. The fourth-order valence-corrected chi connectivity index (χ4v) is 3.50. The summed E-state index contributed by atoms with van der Waals surface area (Å²) in [5.41, 5.74) is 2.21. The summed E-state index contributed by atoms with van der Waals surface area (Å²) in [6.07, 6.45) is -1.34. The topological polar surface area (TPSA) is 94.0 Å². The van der Waals surface area contributed by atoms with E-state index in [1.54, 1.807) is 18.2 Å². The summed E-state index contributed by atoms with van der Waals surface area (Å²) in [4.78, 5) is 25.9. The maximum Gasteiger partial charge on any atom is 0.320 e. The highest BCUT2D eigenvalue weighted by molar-refractivity contribution is 6.68. The molecule has 1 atom stereocenters. The lowest BCUT2D eigenvalue weighted by Gasteiger charge is -2.28. The molecule has 6 nitrogen and oxygen atoms in total. The van der Waals surface area contributed by atoms with E-state index < -0.39 is 27.8 Å². The second-order valence-corrected chi connectivity index (χ2v) is 9.40. The number of nitriles is 1. The molecule has 3 rings (SSSR count). The molecule has 0 saturated heterocycles. The van der Waals surface area contributed by atoms with Crippen molar-refractivity contribution in [3.8, 4) is 6.07 Å². The first-order chi connectivity index (χ1) is 15.8. The maximum absolute atomic E-state index is 13.3. The van der Waals surface area contributed by atoms with Gasteiger partial charge in [0.1, 0.15) is 0 Å². The first-order valence-electron chi connectivity index (χ1n) is 9.82. The van der Waals surface area contributed by atoms with Crippen LogP contribution in [0.3, 0.4) is 0 Å². The minimum atomic E-state index is -2.04. The quantitative estimate of drug-likeness (QED) is 0.315. The minimum absolute atomic E-state index is 0.368. The van der Waals surface area contributed by atoms with Crippen LogP contribution in [-0.4, -0.2) is 21.9 Å². The predicted molar refractivity (Wildman–Crippen MR) is 130 cm³/mol. The van der Waals surface area contributed by atoms with E-state index in [1.165, 1.54) is 6.07 Å². The van der Waals surface area contributed by atoms with Gasteiger partial charge in [0, 0.05) is 5.69 Å². The zero-order chi connectivity index (χ0) is 23.8. The van der Waals surface area contributed by atoms with Gasteiger partial charge in [0.2, 0.25) is 9.70 Å². The third kappa shape index (κ3) is 6.87. The van der Waals surface area contributed by atoms with Crippen molar-refractivity contribution in [3.63, 3.8) is 0 Å². The standard InChI is InChI=1S/C24H19Cl3N4O2/c25-24(26,27)22(31-23(33)29-19-13-7-8-16(14-19)15-28)30-21(32)20(17-9-3-1-4-10-17)18-11-5-2-6-12-18/h1-14,20,22H,(H,30,32)(H2,29,31,33). The van der Waals surface area contributed by atoms with Gasteiger partial charge in [-0.05, 0) is 29.3 Å². The highest BCUT2D eigenvalue weighted by atomic mass is 35.6. The fraction of sp³-hybridized carbons (Fsp3) is 0.125. The van der Waals surface area contributed by atoms with Gasteiger partial charge in [-0.25, -0.2) is 4.79 Å². The summed E-state index contributed by atoms with van der Waals surface area (Å²) in [7, 11) is 0. The number of nitrogens with one attached hydrogen (secondary N) is 3. The van der Waals surface area contributed by atoms with Crippen molar-refractivity contribution in [3.05, 3.63) is 102 Å². The largest absolute Gasteiger partial charge is 0.331 e. The Bertz CT molecular complexity index is 1110. The Labute approximate surface area is 206 Å². The van der Waals surface area contributed by atoms with Crippen LogP contribution < -0.4 is 16.0 Å². The first kappa shape index (κ1) is 24.4. The van der Waals surface area contributed by atoms with Gasteiger partial charge in [0.15, 0.2) is 6.17 Å². The summed E-state index contributed by atoms with van der Waals surface area (Å²) in [5, 5.41) is 16.7. The molecular weight excluding hydrogens is 483 g/mol. The minimum Gasteiger partial charge on any atom is -0.331 e. The molecule has 3 N–H and O–H groups in total. The van der Waals surface area contributed by atoms with E-state index >= 15 is 0 Å². The fourth-order valence-electron chi connectivity index (χ4n) is 3.18. The lowest BCUT2D eigenvalue weighted by Crippen LogP contribution is -2.57. The highest BCUT2D eigenvalue weighted by Gasteiger charge is 2.37. The number of alkyl halides is 3. The van der Waals surface area contributed by atoms with Gasteiger partial charge in [0.25, 0.3) is 0 Å². The number of carbonyl (C=O) groups excluding carboxylic acids is 2. The van der Waals surface area contributed by atoms with Gasteiger partial charge in [-0.15, -0.1) is 0 Å². The Balaban J connectivity index is 1.80. The van der Waals surface area contributed by atoms with Crippen LogP contribution in [0.5, 0.6) is 0 Å². The van der Waals surface area contributed by atoms with Crippen LogP contribution in [0.25, 0.3) is 0 Å². The molecule has 0 spiro atoms. The molecule has 0 fully saturated rings. The molecular formula is C24H19Cl3N4O2. The Morgan fingerprint density at radius 3 is 1.91 bits per heavy atom. The smallest absolute Gasteiger partial charge is 0.320 e. The Kier molecular flexibility index (Phi) is 8.18. The molecule has 0 heterocycles. The van der Waals surface area contributed by atoms with Gasteiger partial charge in [-0.3, -0.25) is 4.79 Å². The molecule has 0 aliphatic carbocycles. The van der Waals surface area contributed by atoms with Crippen molar-refractivity contribution in [1.82, 2.24) is 10.6 Å². The third-order valence-corrected chi connectivity index (χ3v) is 5.32. The second kappa shape index (κ2) is 11.1. The molecule has 0 aromatic heterocycles. The van der Waals surface area contributed by atoms with Crippen molar-refractivity contribution in [2.24, 2.45) is 0 Å². The summed E-state index contributed by atoms with van der Waals surface area (Å²) in [6, 6.07) is 25.9. The van der Waals surface area contributed by atoms with E-state index in [9.17, 15) is 9.59 Å². The first-order valence-corrected chi connectivity index (χ1v) is 11.0. The molecule has 0 saturated carbocycles. The third-order valence-electron chi connectivity index (χ3n) is 4.67. The number of benzene rings is 3. The molecule has 0 radical (unpaired) electrons. The predicted octanol–water partition coefficient (Wildman–Crippen LogP) is 5.32. The van der Waals surface area contributed by atoms with E-state index in [0.29, 0.717) is 11.3 Å². The molecule has 9 heteroatoms.